The number of amides is 3. The van der Waals surface area contributed by atoms with Crippen molar-refractivity contribution in [3.05, 3.63) is 35.9 Å². The van der Waals surface area contributed by atoms with E-state index in [0.29, 0.717) is 6.42 Å². The van der Waals surface area contributed by atoms with Gasteiger partial charge in [-0.25, -0.2) is 0 Å². The molecule has 1 atom stereocenters. The second-order valence-corrected chi connectivity index (χ2v) is 4.13. The summed E-state index contributed by atoms with van der Waals surface area (Å²) in [6.07, 6.45) is 0.352. The third-order valence-corrected chi connectivity index (χ3v) is 2.41. The van der Waals surface area contributed by atoms with Crippen molar-refractivity contribution >= 4 is 17.7 Å². The average Bonchev–Trinajstić information content (AvgIpc) is 2.36. The predicted molar refractivity (Wildman–Crippen MR) is 70.0 cm³/mol. The van der Waals surface area contributed by atoms with Crippen molar-refractivity contribution in [3.63, 3.8) is 0 Å². The monoisotopic (exact) mass is 263 g/mol. The third kappa shape index (κ3) is 5.67. The molecular formula is C13H17N3O3. The standard InChI is InChI=1S/C13H17N3O3/c1-9(17)16-11(13(19)15-8-12(14)18)7-10-5-3-2-4-6-10/h2-6,11H,7-8H2,1H3,(H2,14,18)(H,15,19)(H,16,17). The molecule has 0 fully saturated rings. The molecular weight excluding hydrogens is 246 g/mol. The first-order valence-corrected chi connectivity index (χ1v) is 5.86. The highest BCUT2D eigenvalue weighted by Crippen LogP contribution is 2.03. The van der Waals surface area contributed by atoms with Gasteiger partial charge in [-0.3, -0.25) is 14.4 Å². The molecule has 1 aromatic rings. The van der Waals surface area contributed by atoms with Gasteiger partial charge in [-0.1, -0.05) is 30.3 Å². The Morgan fingerprint density at radius 1 is 1.21 bits per heavy atom. The number of benzene rings is 1. The van der Waals surface area contributed by atoms with Gasteiger partial charge in [0.1, 0.15) is 6.04 Å². The lowest BCUT2D eigenvalue weighted by atomic mass is 10.1. The van der Waals surface area contributed by atoms with Crippen molar-refractivity contribution in [1.29, 1.82) is 0 Å². The molecule has 1 aromatic carbocycles. The fourth-order valence-electron chi connectivity index (χ4n) is 1.60. The minimum atomic E-state index is -0.723. The molecule has 4 N–H and O–H groups in total. The van der Waals surface area contributed by atoms with Crippen LogP contribution in [0.15, 0.2) is 30.3 Å². The van der Waals surface area contributed by atoms with Crippen LogP contribution in [0.5, 0.6) is 0 Å². The number of hydrogen-bond donors (Lipinski definition) is 3. The number of carbonyl (C=O) groups excluding carboxylic acids is 3. The first kappa shape index (κ1) is 14.7. The van der Waals surface area contributed by atoms with Gasteiger partial charge in [0, 0.05) is 13.3 Å². The zero-order chi connectivity index (χ0) is 14.3. The third-order valence-electron chi connectivity index (χ3n) is 2.41. The Kier molecular flexibility index (Phi) is 5.53. The molecule has 0 aromatic heterocycles. The van der Waals surface area contributed by atoms with Gasteiger partial charge in [0.25, 0.3) is 0 Å². The van der Waals surface area contributed by atoms with E-state index >= 15 is 0 Å². The molecule has 0 spiro atoms. The average molecular weight is 263 g/mol. The van der Waals surface area contributed by atoms with Crippen LogP contribution in [0.4, 0.5) is 0 Å². The minimum absolute atomic E-state index is 0.246. The number of nitrogens with two attached hydrogens (primary N) is 1. The van der Waals surface area contributed by atoms with Gasteiger partial charge >= 0.3 is 0 Å². The van der Waals surface area contributed by atoms with Crippen molar-refractivity contribution in [3.8, 4) is 0 Å². The van der Waals surface area contributed by atoms with Gasteiger partial charge in [-0.2, -0.15) is 0 Å². The van der Waals surface area contributed by atoms with Gasteiger partial charge in [-0.05, 0) is 5.56 Å². The molecule has 19 heavy (non-hydrogen) atoms. The Morgan fingerprint density at radius 3 is 2.37 bits per heavy atom. The molecule has 0 saturated carbocycles. The van der Waals surface area contributed by atoms with Crippen LogP contribution in [0.1, 0.15) is 12.5 Å². The van der Waals surface area contributed by atoms with Gasteiger partial charge in [-0.15, -0.1) is 0 Å². The summed E-state index contributed by atoms with van der Waals surface area (Å²) in [6.45, 7) is 1.09. The molecule has 0 radical (unpaired) electrons. The Hall–Kier alpha value is -2.37. The normalized spacial score (nSPS) is 11.4. The smallest absolute Gasteiger partial charge is 0.243 e. The van der Waals surface area contributed by atoms with Crippen LogP contribution in [-0.4, -0.2) is 30.3 Å². The zero-order valence-electron chi connectivity index (χ0n) is 10.7. The van der Waals surface area contributed by atoms with Crippen molar-refractivity contribution in [2.24, 2.45) is 5.73 Å². The Bertz CT molecular complexity index is 459. The Morgan fingerprint density at radius 2 is 1.84 bits per heavy atom. The van der Waals surface area contributed by atoms with E-state index in [0.717, 1.165) is 5.56 Å². The molecule has 1 rings (SSSR count). The summed E-state index contributed by atoms with van der Waals surface area (Å²) in [6, 6.07) is 8.55. The van der Waals surface area contributed by atoms with E-state index in [9.17, 15) is 14.4 Å². The van der Waals surface area contributed by atoms with Crippen LogP contribution in [-0.2, 0) is 20.8 Å². The van der Waals surface area contributed by atoms with Crippen LogP contribution in [0.25, 0.3) is 0 Å². The van der Waals surface area contributed by atoms with Crippen molar-refractivity contribution in [2.45, 2.75) is 19.4 Å². The van der Waals surface area contributed by atoms with E-state index in [-0.39, 0.29) is 12.5 Å². The van der Waals surface area contributed by atoms with E-state index in [4.69, 9.17) is 5.73 Å². The van der Waals surface area contributed by atoms with Gasteiger partial charge < -0.3 is 16.4 Å². The summed E-state index contributed by atoms with van der Waals surface area (Å²) in [5.74, 6) is -1.37. The van der Waals surface area contributed by atoms with Crippen LogP contribution in [0.3, 0.4) is 0 Å². The van der Waals surface area contributed by atoms with E-state index in [1.165, 1.54) is 6.92 Å². The first-order valence-electron chi connectivity index (χ1n) is 5.86. The van der Waals surface area contributed by atoms with Crippen LogP contribution in [0.2, 0.25) is 0 Å². The Balaban J connectivity index is 2.68. The maximum Gasteiger partial charge on any atom is 0.243 e. The van der Waals surface area contributed by atoms with E-state index in [2.05, 4.69) is 10.6 Å². The van der Waals surface area contributed by atoms with Crippen LogP contribution < -0.4 is 16.4 Å². The second-order valence-electron chi connectivity index (χ2n) is 4.13. The second kappa shape index (κ2) is 7.15. The highest BCUT2D eigenvalue weighted by Gasteiger charge is 2.19. The predicted octanol–water partition coefficient (Wildman–Crippen LogP) is -0.665. The lowest BCUT2D eigenvalue weighted by Crippen LogP contribution is -2.49. The Labute approximate surface area is 111 Å². The highest BCUT2D eigenvalue weighted by molar-refractivity contribution is 5.89. The number of nitrogens with one attached hydrogen (secondary N) is 2. The maximum atomic E-state index is 11.9. The maximum absolute atomic E-state index is 11.9. The number of primary amides is 1. The van der Waals surface area contributed by atoms with E-state index in [1.54, 1.807) is 0 Å². The lowest BCUT2D eigenvalue weighted by molar-refractivity contribution is -0.129. The van der Waals surface area contributed by atoms with Crippen molar-refractivity contribution in [1.82, 2.24) is 10.6 Å². The summed E-state index contributed by atoms with van der Waals surface area (Å²) in [7, 11) is 0. The zero-order valence-corrected chi connectivity index (χ0v) is 10.7. The molecule has 1 unspecified atom stereocenters. The molecule has 0 bridgehead atoms. The van der Waals surface area contributed by atoms with Crippen molar-refractivity contribution < 1.29 is 14.4 Å². The molecule has 6 nitrogen and oxygen atoms in total. The van der Waals surface area contributed by atoms with Crippen LogP contribution >= 0.6 is 0 Å². The number of rotatable bonds is 6. The molecule has 0 saturated heterocycles. The summed E-state index contributed by atoms with van der Waals surface area (Å²) in [4.78, 5) is 33.6. The largest absolute Gasteiger partial charge is 0.368 e. The SMILES string of the molecule is CC(=O)NC(Cc1ccccc1)C(=O)NCC(N)=O. The first-order chi connectivity index (χ1) is 8.99. The molecule has 0 aliphatic rings. The van der Waals surface area contributed by atoms with E-state index < -0.39 is 17.9 Å². The number of hydrogen-bond acceptors (Lipinski definition) is 3. The molecule has 6 heteroatoms. The van der Waals surface area contributed by atoms with Gasteiger partial charge in [0.2, 0.25) is 17.7 Å². The summed E-state index contributed by atoms with van der Waals surface area (Å²) < 4.78 is 0. The fourth-order valence-corrected chi connectivity index (χ4v) is 1.60. The van der Waals surface area contributed by atoms with Crippen molar-refractivity contribution in [2.75, 3.05) is 6.54 Å². The molecule has 3 amide bonds. The molecule has 102 valence electrons. The molecule has 0 aliphatic carbocycles. The quantitative estimate of drug-likeness (QED) is 0.634. The summed E-state index contributed by atoms with van der Waals surface area (Å²) in [5.41, 5.74) is 5.87. The molecule has 0 aliphatic heterocycles. The summed E-state index contributed by atoms with van der Waals surface area (Å²) in [5, 5.41) is 4.93. The van der Waals surface area contributed by atoms with Gasteiger partial charge in [0.05, 0.1) is 6.54 Å². The minimum Gasteiger partial charge on any atom is -0.368 e. The highest BCUT2D eigenvalue weighted by atomic mass is 16.2. The van der Waals surface area contributed by atoms with Gasteiger partial charge in [0.15, 0.2) is 0 Å². The number of carbonyl (C=O) groups is 3. The molecule has 0 heterocycles. The lowest BCUT2D eigenvalue weighted by Gasteiger charge is -2.17. The topological polar surface area (TPSA) is 101 Å². The van der Waals surface area contributed by atoms with Crippen LogP contribution in [0, 0.1) is 0 Å². The fraction of sp³-hybridized carbons (Fsp3) is 0.308. The van der Waals surface area contributed by atoms with E-state index in [1.807, 2.05) is 30.3 Å². The summed E-state index contributed by atoms with van der Waals surface area (Å²) >= 11 is 0.